The number of unbranched alkanes of at least 4 members (excludes halogenated alkanes) is 3. The van der Waals surface area contributed by atoms with Crippen molar-refractivity contribution in [1.82, 2.24) is 10.6 Å². The van der Waals surface area contributed by atoms with Crippen molar-refractivity contribution in [2.45, 2.75) is 99.6 Å². The number of carbonyl (C=O) groups excluding carboxylic acids is 5. The van der Waals surface area contributed by atoms with Crippen molar-refractivity contribution in [3.8, 4) is 0 Å². The van der Waals surface area contributed by atoms with Gasteiger partial charge in [0.05, 0.1) is 13.2 Å². The molecule has 0 aliphatic carbocycles. The smallest absolute Gasteiger partial charge is 0.243 e. The molecule has 1 aromatic rings. The molecule has 224 valence electrons. The Bertz CT molecular complexity index is 1000. The van der Waals surface area contributed by atoms with E-state index in [1.54, 1.807) is 18.2 Å². The van der Waals surface area contributed by atoms with Crippen molar-refractivity contribution in [2.24, 2.45) is 11.8 Å². The van der Waals surface area contributed by atoms with Gasteiger partial charge in [0.2, 0.25) is 17.7 Å². The highest BCUT2D eigenvalue weighted by Gasteiger charge is 2.24. The molecule has 0 radical (unpaired) electrons. The lowest BCUT2D eigenvalue weighted by atomic mass is 10.0. The molecule has 0 saturated carbocycles. The molecule has 9 heteroatoms. The molecule has 40 heavy (non-hydrogen) atoms. The zero-order chi connectivity index (χ0) is 30.7. The third-order valence-corrected chi connectivity index (χ3v) is 6.27. The van der Waals surface area contributed by atoms with E-state index < -0.39 is 6.04 Å². The van der Waals surface area contributed by atoms with Gasteiger partial charge >= 0.3 is 0 Å². The van der Waals surface area contributed by atoms with Crippen LogP contribution in [-0.4, -0.2) is 47.0 Å². The maximum atomic E-state index is 12.5. The molecule has 2 atom stereocenters. The van der Waals surface area contributed by atoms with Crippen molar-refractivity contribution in [3.05, 3.63) is 41.5 Å². The Morgan fingerprint density at radius 2 is 1.62 bits per heavy atom. The normalized spacial score (nSPS) is 12.2. The number of anilines is 1. The Morgan fingerprint density at radius 1 is 0.950 bits per heavy atom. The number of benzene rings is 1. The quantitative estimate of drug-likeness (QED) is 0.175. The van der Waals surface area contributed by atoms with E-state index in [9.17, 15) is 24.0 Å². The highest BCUT2D eigenvalue weighted by atomic mass is 16.3. The van der Waals surface area contributed by atoms with Gasteiger partial charge in [0.15, 0.2) is 11.6 Å². The van der Waals surface area contributed by atoms with E-state index in [0.29, 0.717) is 12.1 Å². The largest absolute Gasteiger partial charge is 0.392 e. The number of hydrogen-bond donors (Lipinski definition) is 4. The van der Waals surface area contributed by atoms with Gasteiger partial charge < -0.3 is 21.1 Å². The molecule has 0 fully saturated rings. The summed E-state index contributed by atoms with van der Waals surface area (Å²) < 4.78 is 0. The number of rotatable bonds is 16. The van der Waals surface area contributed by atoms with Crippen LogP contribution in [0, 0.1) is 18.8 Å². The molecule has 0 aliphatic heterocycles. The third-order valence-electron chi connectivity index (χ3n) is 6.27. The summed E-state index contributed by atoms with van der Waals surface area (Å²) in [5.41, 5.74) is 2.22. The molecular formula is C31H49N3O6. The lowest BCUT2D eigenvalue weighted by Crippen LogP contribution is -2.51. The van der Waals surface area contributed by atoms with Gasteiger partial charge in [-0.3, -0.25) is 24.0 Å². The summed E-state index contributed by atoms with van der Waals surface area (Å²) in [5.74, 6) is -0.976. The summed E-state index contributed by atoms with van der Waals surface area (Å²) in [6.07, 6.45) is 7.90. The van der Waals surface area contributed by atoms with E-state index in [-0.39, 0.29) is 54.3 Å². The SMILES string of the molecule is CCC(C)C(=O)/C=C\C(C)=O.CCCCCCC(=O)NC(C(=O)NCC(=O)Nc1ccc(CO)cc1C)C(C)C. The van der Waals surface area contributed by atoms with Crippen LogP contribution in [-0.2, 0) is 30.6 Å². The number of aliphatic hydroxyl groups excluding tert-OH is 1. The van der Waals surface area contributed by atoms with Crippen LogP contribution in [0.15, 0.2) is 30.4 Å². The van der Waals surface area contributed by atoms with E-state index in [2.05, 4.69) is 22.9 Å². The number of nitrogens with one attached hydrogen (secondary N) is 3. The number of hydrogen-bond acceptors (Lipinski definition) is 6. The maximum absolute atomic E-state index is 12.5. The van der Waals surface area contributed by atoms with Crippen LogP contribution < -0.4 is 16.0 Å². The fourth-order valence-corrected chi connectivity index (χ4v) is 3.49. The minimum absolute atomic E-state index is 0.0303. The first-order valence-corrected chi connectivity index (χ1v) is 14.2. The standard InChI is InChI=1S/C22H35N3O4.C9H14O2/c1-5-6-7-8-9-19(27)25-21(15(2)3)22(29)23-13-20(28)24-18-11-10-17(14-26)12-16(18)4;1-4-7(2)9(11)6-5-8(3)10/h10-12,15,21,26H,5-9,13-14H2,1-4H3,(H,23,29)(H,24,28)(H,25,27);5-7H,4H2,1-3H3/b;6-5-. The van der Waals surface area contributed by atoms with Gasteiger partial charge in [-0.15, -0.1) is 0 Å². The zero-order valence-electron chi connectivity index (χ0n) is 25.3. The number of carbonyl (C=O) groups is 5. The fraction of sp³-hybridized carbons (Fsp3) is 0.581. The van der Waals surface area contributed by atoms with E-state index in [4.69, 9.17) is 5.11 Å². The molecule has 0 heterocycles. The molecule has 0 aliphatic rings. The third kappa shape index (κ3) is 15.9. The molecule has 2 unspecified atom stereocenters. The van der Waals surface area contributed by atoms with E-state index in [1.807, 2.05) is 34.6 Å². The number of ketones is 2. The summed E-state index contributed by atoms with van der Waals surface area (Å²) in [4.78, 5) is 58.2. The van der Waals surface area contributed by atoms with Crippen LogP contribution in [0.1, 0.15) is 91.2 Å². The van der Waals surface area contributed by atoms with Crippen molar-refractivity contribution < 1.29 is 29.1 Å². The molecule has 1 aromatic carbocycles. The van der Waals surface area contributed by atoms with Gasteiger partial charge in [-0.1, -0.05) is 66.0 Å². The van der Waals surface area contributed by atoms with Crippen LogP contribution in [0.3, 0.4) is 0 Å². The second-order valence-corrected chi connectivity index (χ2v) is 10.3. The molecule has 0 saturated heterocycles. The Kier molecular flexibility index (Phi) is 18.8. The van der Waals surface area contributed by atoms with Gasteiger partial charge in [0, 0.05) is 18.0 Å². The molecule has 0 bridgehead atoms. The number of aliphatic hydroxyl groups is 1. The monoisotopic (exact) mass is 559 g/mol. The van der Waals surface area contributed by atoms with Gasteiger partial charge in [-0.05, 0) is 62.0 Å². The van der Waals surface area contributed by atoms with E-state index in [1.165, 1.54) is 19.1 Å². The number of amides is 3. The average Bonchev–Trinajstić information content (AvgIpc) is 2.92. The van der Waals surface area contributed by atoms with Crippen molar-refractivity contribution >= 4 is 35.0 Å². The van der Waals surface area contributed by atoms with Gasteiger partial charge in [-0.2, -0.15) is 0 Å². The maximum Gasteiger partial charge on any atom is 0.243 e. The first-order valence-electron chi connectivity index (χ1n) is 14.2. The van der Waals surface area contributed by atoms with Crippen LogP contribution in [0.2, 0.25) is 0 Å². The van der Waals surface area contributed by atoms with Crippen LogP contribution in [0.5, 0.6) is 0 Å². The molecule has 1 rings (SSSR count). The molecular weight excluding hydrogens is 510 g/mol. The Labute approximate surface area is 239 Å². The van der Waals surface area contributed by atoms with Gasteiger partial charge in [0.25, 0.3) is 0 Å². The van der Waals surface area contributed by atoms with E-state index in [0.717, 1.165) is 43.2 Å². The Morgan fingerprint density at radius 3 is 2.15 bits per heavy atom. The number of aryl methyl sites for hydroxylation is 1. The minimum atomic E-state index is -0.674. The second-order valence-electron chi connectivity index (χ2n) is 10.3. The Balaban J connectivity index is 0.00000116. The molecule has 9 nitrogen and oxygen atoms in total. The van der Waals surface area contributed by atoms with Crippen LogP contribution >= 0.6 is 0 Å². The highest BCUT2D eigenvalue weighted by molar-refractivity contribution is 5.98. The van der Waals surface area contributed by atoms with Crippen LogP contribution in [0.25, 0.3) is 0 Å². The molecule has 0 spiro atoms. The lowest BCUT2D eigenvalue weighted by Gasteiger charge is -2.21. The first kappa shape index (κ1) is 36.7. The summed E-state index contributed by atoms with van der Waals surface area (Å²) in [7, 11) is 0. The molecule has 3 amide bonds. The lowest BCUT2D eigenvalue weighted by molar-refractivity contribution is -0.130. The summed E-state index contributed by atoms with van der Waals surface area (Å²) in [6, 6.07) is 4.56. The van der Waals surface area contributed by atoms with Crippen molar-refractivity contribution in [3.63, 3.8) is 0 Å². The molecule has 4 N–H and O–H groups in total. The van der Waals surface area contributed by atoms with Crippen molar-refractivity contribution in [1.29, 1.82) is 0 Å². The second kappa shape index (κ2) is 20.6. The van der Waals surface area contributed by atoms with Gasteiger partial charge in [-0.25, -0.2) is 0 Å². The topological polar surface area (TPSA) is 142 Å². The van der Waals surface area contributed by atoms with Crippen LogP contribution in [0.4, 0.5) is 5.69 Å². The van der Waals surface area contributed by atoms with Gasteiger partial charge in [0.1, 0.15) is 6.04 Å². The average molecular weight is 560 g/mol. The van der Waals surface area contributed by atoms with Crippen molar-refractivity contribution in [2.75, 3.05) is 11.9 Å². The first-order chi connectivity index (χ1) is 18.9. The number of allylic oxidation sites excluding steroid dienone is 2. The van der Waals surface area contributed by atoms with E-state index >= 15 is 0 Å². The summed E-state index contributed by atoms with van der Waals surface area (Å²) >= 11 is 0. The Hall–Kier alpha value is -3.33. The fourth-order valence-electron chi connectivity index (χ4n) is 3.49. The summed E-state index contributed by atoms with van der Waals surface area (Å²) in [5, 5.41) is 17.3. The predicted molar refractivity (Wildman–Crippen MR) is 159 cm³/mol. The minimum Gasteiger partial charge on any atom is -0.392 e. The predicted octanol–water partition coefficient (Wildman–Crippen LogP) is 4.40. The summed E-state index contributed by atoms with van der Waals surface area (Å²) in [6.45, 7) is 12.6. The molecule has 0 aromatic heterocycles. The highest BCUT2D eigenvalue weighted by Crippen LogP contribution is 2.16. The zero-order valence-corrected chi connectivity index (χ0v) is 25.3.